The monoisotopic (exact) mass is 878 g/mol. The molecule has 0 aliphatic heterocycles. The fourth-order valence-electron chi connectivity index (χ4n) is 6.61. The Balaban J connectivity index is 0.873. The first-order valence-electron chi connectivity index (χ1n) is 19.4. The molecule has 9 rings (SSSR count). The molecule has 0 aromatic carbocycles. The lowest BCUT2D eigenvalue weighted by Gasteiger charge is -2.32. The van der Waals surface area contributed by atoms with Gasteiger partial charge < -0.3 is 39.8 Å². The smallest absolute Gasteiger partial charge is 0.310 e. The van der Waals surface area contributed by atoms with Crippen molar-refractivity contribution in [3.8, 4) is 92.2 Å². The average molecular weight is 879 g/mol. The Morgan fingerprint density at radius 3 is 0.729 bits per heavy atom. The highest BCUT2D eigenvalue weighted by Gasteiger charge is 2.44. The lowest BCUT2D eigenvalue weighted by Crippen LogP contribution is -2.41. The van der Waals surface area contributed by atoms with Crippen molar-refractivity contribution < 1.29 is 39.8 Å². The van der Waals surface area contributed by atoms with Crippen LogP contribution in [0.2, 0.25) is 0 Å². The van der Waals surface area contributed by atoms with Crippen LogP contribution in [0.5, 0.6) is 0 Å². The summed E-state index contributed by atoms with van der Waals surface area (Å²) in [7, 11) is 0.836. The highest BCUT2D eigenvalue weighted by atomic mass is 32.8. The highest BCUT2D eigenvalue weighted by molar-refractivity contribution is 8.82. The Morgan fingerprint density at radius 1 is 0.305 bits per heavy atom. The van der Waals surface area contributed by atoms with Gasteiger partial charge in [-0.1, -0.05) is 41.5 Å². The maximum atomic E-state index is 6.62. The largest absolute Gasteiger partial charge is 0.464 e. The van der Waals surface area contributed by atoms with Gasteiger partial charge in [0.1, 0.15) is 5.38 Å². The van der Waals surface area contributed by atoms with E-state index in [0.717, 1.165) is 21.0 Å². The summed E-state index contributed by atoms with van der Waals surface area (Å²) in [6, 6.07) is 34.1. The van der Waals surface area contributed by atoms with Crippen LogP contribution in [0.4, 0.5) is 0 Å². The summed E-state index contributed by atoms with van der Waals surface area (Å²) in [5, 5.41) is 3.48. The summed E-state index contributed by atoms with van der Waals surface area (Å²) in [5.41, 5.74) is -2.14. The molecule has 59 heavy (non-hydrogen) atoms. The summed E-state index contributed by atoms with van der Waals surface area (Å²) < 4.78 is 55.5. The van der Waals surface area contributed by atoms with E-state index in [2.05, 4.69) is 81.2 Å². The zero-order chi connectivity index (χ0) is 40.8. The van der Waals surface area contributed by atoms with Crippen molar-refractivity contribution in [2.75, 3.05) is 0 Å². The van der Waals surface area contributed by atoms with Crippen LogP contribution >= 0.6 is 33.6 Å². The maximum absolute atomic E-state index is 6.62. The van der Waals surface area contributed by atoms with Crippen molar-refractivity contribution in [2.24, 2.45) is 0 Å². The van der Waals surface area contributed by atoms with Gasteiger partial charge in [0.15, 0.2) is 92.2 Å². The molecule has 14 heteroatoms. The second-order valence-electron chi connectivity index (χ2n) is 14.8. The van der Waals surface area contributed by atoms with Gasteiger partial charge in [-0.15, -0.1) is 0 Å². The predicted molar refractivity (Wildman–Crippen MR) is 243 cm³/mol. The average Bonchev–Trinajstić information content (AvgIpc) is 4.03. The second-order valence-corrected chi connectivity index (χ2v) is 30.9. The normalized spacial score (nSPS) is 12.4. The Bertz CT molecular complexity index is 2780. The second kappa shape index (κ2) is 16.2. The highest BCUT2D eigenvalue weighted by Crippen LogP contribution is 2.48. The van der Waals surface area contributed by atoms with Crippen LogP contribution < -0.4 is 10.8 Å². The Morgan fingerprint density at radius 2 is 0.508 bits per heavy atom. The molecule has 0 amide bonds. The van der Waals surface area contributed by atoms with E-state index in [0.29, 0.717) is 108 Å². The molecule has 302 valence electrons. The lowest BCUT2D eigenvalue weighted by molar-refractivity contribution is 0.490. The zero-order valence-electron chi connectivity index (χ0n) is 33.5. The Hall–Kier alpha value is -5.00. The minimum Gasteiger partial charge on any atom is -0.464 e. The molecule has 0 fully saturated rings. The van der Waals surface area contributed by atoms with Crippen molar-refractivity contribution in [1.82, 2.24) is 0 Å². The SMILES string of the molecule is CC(C)S[Si](SC(C)C)(SC(C)C)c1ccc(-c2ccc(-c3ccc(-c4ccc(-c5ccc(-c6ccc(-c7ccc(-c8ccc(-c9ccc([SiH3])o9)o8)o7)o6)o5)o4)o3)o2)o1. The summed E-state index contributed by atoms with van der Waals surface area (Å²) >= 11 is 6.20. The van der Waals surface area contributed by atoms with E-state index in [1.165, 1.54) is 0 Å². The molecule has 0 unspecified atom stereocenters. The first-order valence-corrected chi connectivity index (χ1v) is 27.2. The van der Waals surface area contributed by atoms with Crippen molar-refractivity contribution >= 4 is 60.2 Å². The topological polar surface area (TPSA) is 118 Å². The summed E-state index contributed by atoms with van der Waals surface area (Å²) in [6.07, 6.45) is 0. The maximum Gasteiger partial charge on any atom is 0.310 e. The van der Waals surface area contributed by atoms with E-state index in [4.69, 9.17) is 39.8 Å². The number of rotatable bonds is 15. The van der Waals surface area contributed by atoms with Gasteiger partial charge in [0.25, 0.3) is 0 Å². The molecule has 9 aromatic rings. The molecule has 0 aliphatic carbocycles. The third-order valence-electron chi connectivity index (χ3n) is 9.01. The van der Waals surface area contributed by atoms with E-state index in [9.17, 15) is 0 Å². The van der Waals surface area contributed by atoms with Crippen molar-refractivity contribution in [1.29, 1.82) is 0 Å². The summed E-state index contributed by atoms with van der Waals surface area (Å²) in [5.74, 6) is 9.49. The molecule has 0 aliphatic rings. The molecule has 0 bridgehead atoms. The first kappa shape index (κ1) is 39.5. The number of furan rings is 9. The first-order chi connectivity index (χ1) is 28.5. The van der Waals surface area contributed by atoms with Crippen LogP contribution in [0.1, 0.15) is 41.5 Å². The van der Waals surface area contributed by atoms with Gasteiger partial charge >= 0.3 is 5.52 Å². The number of hydrogen-bond acceptors (Lipinski definition) is 12. The van der Waals surface area contributed by atoms with Gasteiger partial charge in [-0.2, -0.15) is 33.6 Å². The van der Waals surface area contributed by atoms with Gasteiger partial charge in [0, 0.05) is 0 Å². The Kier molecular flexibility index (Phi) is 10.9. The standard InChI is InChI=1S/C45H42O9S3Si2/c1-25(2)55-59(56-26(3)4,57-27(5)6)45-24-22-43(54-45)41-20-18-39(52-41)37-16-14-35(50-37)33-12-10-31(48-33)29-8-7-28(46-29)30-9-11-32(47-30)34-13-15-36(49-34)38-17-19-40(51-38)42-21-23-44(58)53-42/h7-27H,1-6,58H3. The molecule has 0 saturated carbocycles. The van der Waals surface area contributed by atoms with Gasteiger partial charge in [0.05, 0.1) is 15.6 Å². The fourth-order valence-corrected chi connectivity index (χ4v) is 29.9. The van der Waals surface area contributed by atoms with Crippen LogP contribution in [-0.4, -0.2) is 31.5 Å². The number of hydrogen-bond donors (Lipinski definition) is 0. The van der Waals surface area contributed by atoms with Crippen LogP contribution in [-0.2, 0) is 0 Å². The van der Waals surface area contributed by atoms with Gasteiger partial charge in [-0.3, -0.25) is 0 Å². The van der Waals surface area contributed by atoms with E-state index < -0.39 is 5.52 Å². The third-order valence-corrected chi connectivity index (χ3v) is 26.8. The van der Waals surface area contributed by atoms with Crippen LogP contribution in [0, 0.1) is 0 Å². The van der Waals surface area contributed by atoms with Gasteiger partial charge in [0.2, 0.25) is 0 Å². The molecule has 9 aromatic heterocycles. The molecule has 9 heterocycles. The lowest BCUT2D eigenvalue weighted by atomic mass is 10.3. The summed E-state index contributed by atoms with van der Waals surface area (Å²) in [6.45, 7) is 13.6. The Labute approximate surface area is 356 Å². The van der Waals surface area contributed by atoms with E-state index in [1.54, 1.807) is 0 Å². The molecule has 0 saturated heterocycles. The molecular formula is C45H42O9S3Si2. The van der Waals surface area contributed by atoms with Crippen molar-refractivity contribution in [3.63, 3.8) is 0 Å². The molecule has 0 N–H and O–H groups in total. The van der Waals surface area contributed by atoms with Gasteiger partial charge in [-0.05, 0) is 125 Å². The van der Waals surface area contributed by atoms with E-state index in [-0.39, 0.29) is 0 Å². The van der Waals surface area contributed by atoms with Crippen molar-refractivity contribution in [2.45, 2.75) is 57.3 Å². The van der Waals surface area contributed by atoms with E-state index >= 15 is 0 Å². The van der Waals surface area contributed by atoms with Crippen LogP contribution in [0.25, 0.3) is 92.2 Å². The molecule has 0 spiro atoms. The zero-order valence-corrected chi connectivity index (χ0v) is 39.0. The van der Waals surface area contributed by atoms with E-state index in [1.807, 2.05) is 103 Å². The third kappa shape index (κ3) is 8.29. The van der Waals surface area contributed by atoms with Crippen LogP contribution in [0.15, 0.2) is 149 Å². The quantitative estimate of drug-likeness (QED) is 0.0912. The predicted octanol–water partition coefficient (Wildman–Crippen LogP) is 12.9. The van der Waals surface area contributed by atoms with Gasteiger partial charge in [-0.25, -0.2) is 0 Å². The van der Waals surface area contributed by atoms with Crippen molar-refractivity contribution in [3.05, 3.63) is 109 Å². The van der Waals surface area contributed by atoms with Crippen LogP contribution in [0.3, 0.4) is 0 Å². The molecule has 9 nitrogen and oxygen atoms in total. The molecule has 0 atom stereocenters. The fraction of sp³-hybridized carbons (Fsp3) is 0.200. The minimum atomic E-state index is -2.14. The summed E-state index contributed by atoms with van der Waals surface area (Å²) in [4.78, 5) is 0. The minimum absolute atomic E-state index is 0.486. The molecule has 0 radical (unpaired) electrons. The molecular weight excluding hydrogens is 837 g/mol.